The molecule has 108 valence electrons. The molecule has 0 radical (unpaired) electrons. The fourth-order valence-electron chi connectivity index (χ4n) is 2.53. The Morgan fingerprint density at radius 3 is 2.21 bits per heavy atom. The highest BCUT2D eigenvalue weighted by Gasteiger charge is 2.30. The van der Waals surface area contributed by atoms with Crippen LogP contribution in [0.4, 0.5) is 0 Å². The van der Waals surface area contributed by atoms with Crippen molar-refractivity contribution in [2.75, 3.05) is 0 Å². The van der Waals surface area contributed by atoms with Crippen molar-refractivity contribution in [2.45, 2.75) is 59.8 Å². The van der Waals surface area contributed by atoms with Gasteiger partial charge in [-0.05, 0) is 41.4 Å². The largest absolute Gasteiger partial charge is 0.504 e. The molecule has 2 unspecified atom stereocenters. The van der Waals surface area contributed by atoms with Crippen LogP contribution in [0.15, 0.2) is 18.2 Å². The van der Waals surface area contributed by atoms with Gasteiger partial charge in [0, 0.05) is 0 Å². The highest BCUT2D eigenvalue weighted by atomic mass is 16.3. The van der Waals surface area contributed by atoms with E-state index in [0.29, 0.717) is 11.8 Å². The van der Waals surface area contributed by atoms with Gasteiger partial charge in [-0.1, -0.05) is 53.5 Å². The zero-order chi connectivity index (χ0) is 14.6. The van der Waals surface area contributed by atoms with Crippen molar-refractivity contribution in [3.05, 3.63) is 23.8 Å². The summed E-state index contributed by atoms with van der Waals surface area (Å²) in [6.07, 6.45) is 3.52. The molecule has 0 spiro atoms. The van der Waals surface area contributed by atoms with Crippen LogP contribution in [0.1, 0.15) is 65.4 Å². The van der Waals surface area contributed by atoms with Crippen molar-refractivity contribution in [2.24, 2.45) is 11.3 Å². The van der Waals surface area contributed by atoms with E-state index < -0.39 is 0 Å². The Hall–Kier alpha value is -1.18. The molecule has 1 rings (SSSR count). The molecular formula is C17H28O2. The van der Waals surface area contributed by atoms with Gasteiger partial charge in [-0.15, -0.1) is 0 Å². The quantitative estimate of drug-likeness (QED) is 0.705. The van der Waals surface area contributed by atoms with Gasteiger partial charge in [0.15, 0.2) is 11.5 Å². The van der Waals surface area contributed by atoms with Gasteiger partial charge in [-0.3, -0.25) is 0 Å². The third-order valence-electron chi connectivity index (χ3n) is 4.65. The number of hydrogen-bond donors (Lipinski definition) is 2. The second-order valence-corrected chi connectivity index (χ2v) is 6.41. The van der Waals surface area contributed by atoms with Crippen LogP contribution in [0.2, 0.25) is 0 Å². The number of benzene rings is 1. The number of aromatic hydroxyl groups is 2. The molecule has 0 saturated carbocycles. The van der Waals surface area contributed by atoms with E-state index >= 15 is 0 Å². The summed E-state index contributed by atoms with van der Waals surface area (Å²) in [5.41, 5.74) is 1.33. The van der Waals surface area contributed by atoms with E-state index in [4.69, 9.17) is 0 Å². The Morgan fingerprint density at radius 1 is 1.11 bits per heavy atom. The summed E-state index contributed by atoms with van der Waals surface area (Å²) in [4.78, 5) is 0. The predicted octanol–water partition coefficient (Wildman–Crippen LogP) is 5.05. The first-order chi connectivity index (χ1) is 8.80. The van der Waals surface area contributed by atoms with Crippen molar-refractivity contribution in [1.29, 1.82) is 0 Å². The SMILES string of the molecule is CCC(C)(CCC(C)C)C(C)c1ccc(O)c(O)c1. The average Bonchev–Trinajstić information content (AvgIpc) is 2.38. The fourth-order valence-corrected chi connectivity index (χ4v) is 2.53. The Balaban J connectivity index is 2.93. The van der Waals surface area contributed by atoms with Crippen LogP contribution in [0.5, 0.6) is 11.5 Å². The summed E-state index contributed by atoms with van der Waals surface area (Å²) in [6.45, 7) is 11.3. The lowest BCUT2D eigenvalue weighted by molar-refractivity contribution is 0.215. The summed E-state index contributed by atoms with van der Waals surface area (Å²) in [5.74, 6) is 1.01. The first-order valence-corrected chi connectivity index (χ1v) is 7.32. The monoisotopic (exact) mass is 264 g/mol. The third kappa shape index (κ3) is 3.89. The average molecular weight is 264 g/mol. The van der Waals surface area contributed by atoms with Gasteiger partial charge in [-0.25, -0.2) is 0 Å². The normalized spacial score (nSPS) is 16.3. The minimum absolute atomic E-state index is 0.0216. The Labute approximate surface area is 117 Å². The van der Waals surface area contributed by atoms with E-state index in [-0.39, 0.29) is 16.9 Å². The molecule has 0 heterocycles. The molecule has 0 aliphatic carbocycles. The standard InChI is InChI=1S/C17H28O2/c1-6-17(5,10-9-12(2)3)13(4)14-7-8-15(18)16(19)11-14/h7-8,11-13,18-19H,6,9-10H2,1-5H3. The summed E-state index contributed by atoms with van der Waals surface area (Å²) in [7, 11) is 0. The number of hydrogen-bond acceptors (Lipinski definition) is 2. The first kappa shape index (κ1) is 15.9. The van der Waals surface area contributed by atoms with Crippen LogP contribution < -0.4 is 0 Å². The predicted molar refractivity (Wildman–Crippen MR) is 80.7 cm³/mol. The van der Waals surface area contributed by atoms with Crippen LogP contribution >= 0.6 is 0 Å². The maximum absolute atomic E-state index is 9.66. The van der Waals surface area contributed by atoms with Crippen LogP contribution in [0, 0.1) is 11.3 Å². The first-order valence-electron chi connectivity index (χ1n) is 7.32. The Bertz CT molecular complexity index is 412. The molecular weight excluding hydrogens is 236 g/mol. The van der Waals surface area contributed by atoms with Crippen molar-refractivity contribution in [3.8, 4) is 11.5 Å². The van der Waals surface area contributed by atoms with Crippen molar-refractivity contribution in [1.82, 2.24) is 0 Å². The zero-order valence-corrected chi connectivity index (χ0v) is 12.9. The number of phenols is 2. The van der Waals surface area contributed by atoms with Crippen molar-refractivity contribution >= 4 is 0 Å². The molecule has 0 aliphatic rings. The Kier molecular flexibility index (Phi) is 5.28. The van der Waals surface area contributed by atoms with Gasteiger partial charge in [-0.2, -0.15) is 0 Å². The van der Waals surface area contributed by atoms with Crippen molar-refractivity contribution in [3.63, 3.8) is 0 Å². The smallest absolute Gasteiger partial charge is 0.157 e. The number of phenolic OH excluding ortho intramolecular Hbond substituents is 2. The summed E-state index contributed by atoms with van der Waals surface area (Å²) in [6, 6.07) is 5.20. The molecule has 0 saturated heterocycles. The number of rotatable bonds is 6. The molecule has 1 aromatic carbocycles. The molecule has 0 fully saturated rings. The minimum atomic E-state index is -0.0451. The highest BCUT2D eigenvalue weighted by Crippen LogP contribution is 2.44. The second kappa shape index (κ2) is 6.31. The molecule has 19 heavy (non-hydrogen) atoms. The molecule has 2 atom stereocenters. The summed E-state index contributed by atoms with van der Waals surface area (Å²) < 4.78 is 0. The lowest BCUT2D eigenvalue weighted by Gasteiger charge is -2.36. The molecule has 2 nitrogen and oxygen atoms in total. The van der Waals surface area contributed by atoms with E-state index in [1.807, 2.05) is 6.07 Å². The van der Waals surface area contributed by atoms with Gasteiger partial charge < -0.3 is 10.2 Å². The van der Waals surface area contributed by atoms with E-state index in [1.165, 1.54) is 12.8 Å². The molecule has 0 aliphatic heterocycles. The van der Waals surface area contributed by atoms with E-state index in [1.54, 1.807) is 12.1 Å². The lowest BCUT2D eigenvalue weighted by Crippen LogP contribution is -2.23. The van der Waals surface area contributed by atoms with Crippen LogP contribution in [0.3, 0.4) is 0 Å². The zero-order valence-electron chi connectivity index (χ0n) is 12.9. The van der Waals surface area contributed by atoms with Crippen LogP contribution in [0.25, 0.3) is 0 Å². The van der Waals surface area contributed by atoms with Crippen LogP contribution in [-0.4, -0.2) is 10.2 Å². The van der Waals surface area contributed by atoms with Crippen LogP contribution in [-0.2, 0) is 0 Å². The van der Waals surface area contributed by atoms with E-state index in [2.05, 4.69) is 34.6 Å². The molecule has 2 heteroatoms. The molecule has 0 bridgehead atoms. The summed E-state index contributed by atoms with van der Waals surface area (Å²) >= 11 is 0. The van der Waals surface area contributed by atoms with Gasteiger partial charge in [0.2, 0.25) is 0 Å². The Morgan fingerprint density at radius 2 is 1.74 bits per heavy atom. The molecule has 0 amide bonds. The topological polar surface area (TPSA) is 40.5 Å². The second-order valence-electron chi connectivity index (χ2n) is 6.41. The van der Waals surface area contributed by atoms with Gasteiger partial charge >= 0.3 is 0 Å². The van der Waals surface area contributed by atoms with Gasteiger partial charge in [0.25, 0.3) is 0 Å². The van der Waals surface area contributed by atoms with Gasteiger partial charge in [0.1, 0.15) is 0 Å². The molecule has 1 aromatic rings. The third-order valence-corrected chi connectivity index (χ3v) is 4.65. The van der Waals surface area contributed by atoms with Crippen molar-refractivity contribution < 1.29 is 10.2 Å². The van der Waals surface area contributed by atoms with Gasteiger partial charge in [0.05, 0.1) is 0 Å². The fraction of sp³-hybridized carbons (Fsp3) is 0.647. The molecule has 2 N–H and O–H groups in total. The molecule has 0 aromatic heterocycles. The van der Waals surface area contributed by atoms with E-state index in [0.717, 1.165) is 12.0 Å². The minimum Gasteiger partial charge on any atom is -0.504 e. The maximum atomic E-state index is 9.66. The lowest BCUT2D eigenvalue weighted by atomic mass is 9.69. The summed E-state index contributed by atoms with van der Waals surface area (Å²) in [5, 5.41) is 19.1. The van der Waals surface area contributed by atoms with E-state index in [9.17, 15) is 10.2 Å². The maximum Gasteiger partial charge on any atom is 0.157 e. The highest BCUT2D eigenvalue weighted by molar-refractivity contribution is 5.42.